The Kier molecular flexibility index (Phi) is 10.3. The molecule has 0 heterocycles. The average Bonchev–Trinajstić information content (AvgIpc) is 2.41. The molecule has 0 aromatic rings. The summed E-state index contributed by atoms with van der Waals surface area (Å²) in [6.07, 6.45) is 2.12. The Morgan fingerprint density at radius 1 is 1.32 bits per heavy atom. The molecule has 10 heteroatoms. The zero-order valence-corrected chi connectivity index (χ0v) is 13.7. The van der Waals surface area contributed by atoms with Gasteiger partial charge in [-0.1, -0.05) is 6.58 Å². The minimum Gasteiger partial charge on any atom is -0.741 e. The monoisotopic (exact) mass is 349 g/mol. The quantitative estimate of drug-likeness (QED) is 0.174. The van der Waals surface area contributed by atoms with E-state index in [9.17, 15) is 18.0 Å². The van der Waals surface area contributed by atoms with Gasteiger partial charge in [-0.25, -0.2) is 13.2 Å². The number of halogens is 3. The van der Waals surface area contributed by atoms with Gasteiger partial charge in [0.05, 0.1) is 33.3 Å². The Morgan fingerprint density at radius 3 is 2.00 bits per heavy atom. The number of rotatable bonds is 7. The Morgan fingerprint density at radius 2 is 1.73 bits per heavy atom. The topological polar surface area (TPSA) is 83.5 Å². The SMILES string of the molecule is C=CC(=O)OCCC[N+](C)(CC)CC.O=S(=O)([O-])C(F)(F)F. The van der Waals surface area contributed by atoms with E-state index in [4.69, 9.17) is 17.7 Å². The number of alkyl halides is 3. The number of hydrogen-bond acceptors (Lipinski definition) is 5. The number of carbonyl (C=O) groups excluding carboxylic acids is 1. The Bertz CT molecular complexity index is 444. The summed E-state index contributed by atoms with van der Waals surface area (Å²) in [5.74, 6) is -0.327. The molecule has 0 spiro atoms. The van der Waals surface area contributed by atoms with Crippen LogP contribution in [0.3, 0.4) is 0 Å². The molecule has 6 nitrogen and oxygen atoms in total. The lowest BCUT2D eigenvalue weighted by atomic mass is 10.3. The van der Waals surface area contributed by atoms with Gasteiger partial charge in [0.2, 0.25) is 0 Å². The fraction of sp³-hybridized carbons (Fsp3) is 0.750. The molecule has 0 fully saturated rings. The summed E-state index contributed by atoms with van der Waals surface area (Å²) in [4.78, 5) is 10.7. The lowest BCUT2D eigenvalue weighted by Crippen LogP contribution is -2.44. The van der Waals surface area contributed by atoms with Gasteiger partial charge in [0, 0.05) is 12.5 Å². The first-order valence-corrected chi connectivity index (χ1v) is 7.88. The van der Waals surface area contributed by atoms with Crippen LogP contribution in [0.25, 0.3) is 0 Å². The number of esters is 1. The van der Waals surface area contributed by atoms with Crippen molar-refractivity contribution in [2.45, 2.75) is 25.8 Å². The molecule has 0 N–H and O–H groups in total. The predicted molar refractivity (Wildman–Crippen MR) is 73.7 cm³/mol. The van der Waals surface area contributed by atoms with Gasteiger partial charge in [0.15, 0.2) is 10.1 Å². The summed E-state index contributed by atoms with van der Waals surface area (Å²) in [5, 5.41) is 0. The van der Waals surface area contributed by atoms with Crippen LogP contribution in [-0.2, 0) is 19.6 Å². The summed E-state index contributed by atoms with van der Waals surface area (Å²) in [7, 11) is -3.87. The first kappa shape index (κ1) is 23.1. The Hall–Kier alpha value is -1.13. The summed E-state index contributed by atoms with van der Waals surface area (Å²) in [6.45, 7) is 11.5. The van der Waals surface area contributed by atoms with E-state index in [1.165, 1.54) is 6.08 Å². The van der Waals surface area contributed by atoms with Gasteiger partial charge in [0.25, 0.3) is 0 Å². The molecule has 0 saturated carbocycles. The fourth-order valence-corrected chi connectivity index (χ4v) is 1.22. The van der Waals surface area contributed by atoms with Gasteiger partial charge in [-0.2, -0.15) is 13.2 Å². The maximum absolute atomic E-state index is 10.7. The molecular formula is C12H22F3NO5S. The third kappa shape index (κ3) is 10.6. The zero-order chi connectivity index (χ0) is 18.0. The first-order chi connectivity index (χ1) is 9.83. The van der Waals surface area contributed by atoms with E-state index >= 15 is 0 Å². The van der Waals surface area contributed by atoms with Crippen molar-refractivity contribution < 1.29 is 40.2 Å². The highest BCUT2D eigenvalue weighted by Gasteiger charge is 2.36. The molecule has 0 aliphatic carbocycles. The van der Waals surface area contributed by atoms with Crippen molar-refractivity contribution >= 4 is 16.1 Å². The normalized spacial score (nSPS) is 12.1. The van der Waals surface area contributed by atoms with Gasteiger partial charge in [-0.3, -0.25) is 0 Å². The second-order valence-electron chi connectivity index (χ2n) is 4.60. The van der Waals surface area contributed by atoms with Crippen molar-refractivity contribution in [3.8, 4) is 0 Å². The van der Waals surface area contributed by atoms with Crippen molar-refractivity contribution in [3.63, 3.8) is 0 Å². The van der Waals surface area contributed by atoms with E-state index in [0.717, 1.165) is 30.5 Å². The minimum atomic E-state index is -6.09. The van der Waals surface area contributed by atoms with Gasteiger partial charge < -0.3 is 13.8 Å². The highest BCUT2D eigenvalue weighted by molar-refractivity contribution is 7.86. The fourth-order valence-electron chi connectivity index (χ4n) is 1.22. The van der Waals surface area contributed by atoms with Crippen molar-refractivity contribution in [1.82, 2.24) is 0 Å². The van der Waals surface area contributed by atoms with Crippen molar-refractivity contribution in [2.75, 3.05) is 33.3 Å². The molecule has 0 aliphatic rings. The summed E-state index contributed by atoms with van der Waals surface area (Å²) in [6, 6.07) is 0. The molecule has 0 saturated heterocycles. The first-order valence-electron chi connectivity index (χ1n) is 6.48. The molecule has 0 aromatic carbocycles. The molecule has 0 bridgehead atoms. The van der Waals surface area contributed by atoms with Crippen molar-refractivity contribution in [1.29, 1.82) is 0 Å². The lowest BCUT2D eigenvalue weighted by molar-refractivity contribution is -0.906. The number of hydrogen-bond donors (Lipinski definition) is 0. The number of ether oxygens (including phenoxy) is 1. The molecule has 0 rings (SSSR count). The zero-order valence-electron chi connectivity index (χ0n) is 12.9. The van der Waals surface area contributed by atoms with Gasteiger partial charge in [0.1, 0.15) is 0 Å². The van der Waals surface area contributed by atoms with Crippen LogP contribution in [0.5, 0.6) is 0 Å². The lowest BCUT2D eigenvalue weighted by Gasteiger charge is -2.31. The summed E-state index contributed by atoms with van der Waals surface area (Å²) >= 11 is 0. The number of quaternary nitrogens is 1. The molecule has 0 unspecified atom stereocenters. The number of nitrogens with zero attached hydrogens (tertiary/aromatic N) is 1. The second-order valence-corrected chi connectivity index (χ2v) is 5.97. The van der Waals surface area contributed by atoms with Crippen LogP contribution in [0.15, 0.2) is 12.7 Å². The van der Waals surface area contributed by atoms with E-state index in [1.807, 2.05) is 0 Å². The van der Waals surface area contributed by atoms with Crippen LogP contribution >= 0.6 is 0 Å². The predicted octanol–water partition coefficient (Wildman–Crippen LogP) is 1.64. The third-order valence-corrected chi connectivity index (χ3v) is 3.63. The number of carbonyl (C=O) groups is 1. The second kappa shape index (κ2) is 9.80. The van der Waals surface area contributed by atoms with E-state index in [2.05, 4.69) is 27.5 Å². The summed E-state index contributed by atoms with van der Waals surface area (Å²) < 4.78 is 64.8. The average molecular weight is 349 g/mol. The Balaban J connectivity index is 0. The van der Waals surface area contributed by atoms with E-state index in [0.29, 0.717) is 6.61 Å². The van der Waals surface area contributed by atoms with Crippen LogP contribution < -0.4 is 0 Å². The van der Waals surface area contributed by atoms with Crippen molar-refractivity contribution in [2.24, 2.45) is 0 Å². The maximum Gasteiger partial charge on any atom is 0.485 e. The van der Waals surface area contributed by atoms with E-state index in [-0.39, 0.29) is 5.97 Å². The molecule has 0 radical (unpaired) electrons. The molecule has 0 atom stereocenters. The highest BCUT2D eigenvalue weighted by Crippen LogP contribution is 2.20. The van der Waals surface area contributed by atoms with E-state index in [1.54, 1.807) is 0 Å². The van der Waals surface area contributed by atoms with Crippen LogP contribution in [-0.4, -0.2) is 62.2 Å². The van der Waals surface area contributed by atoms with E-state index < -0.39 is 15.6 Å². The van der Waals surface area contributed by atoms with Crippen LogP contribution in [0.2, 0.25) is 0 Å². The maximum atomic E-state index is 10.7. The minimum absolute atomic E-state index is 0.327. The molecule has 0 amide bonds. The molecule has 0 aliphatic heterocycles. The molecule has 22 heavy (non-hydrogen) atoms. The van der Waals surface area contributed by atoms with Crippen molar-refractivity contribution in [3.05, 3.63) is 12.7 Å². The molecule has 0 aromatic heterocycles. The highest BCUT2D eigenvalue weighted by atomic mass is 32.2. The molecule has 132 valence electrons. The Labute approximate surface area is 128 Å². The van der Waals surface area contributed by atoms with Gasteiger partial charge >= 0.3 is 11.5 Å². The van der Waals surface area contributed by atoms with Gasteiger partial charge in [-0.15, -0.1) is 0 Å². The van der Waals surface area contributed by atoms with Crippen LogP contribution in [0.4, 0.5) is 13.2 Å². The standard InChI is InChI=1S/C11H22NO2.CHF3O3S/c1-5-11(13)14-10-8-9-12(4,6-2)7-3;2-1(3,4)8(5,6)7/h5H,1,6-10H2,2-4H3;(H,5,6,7)/q+1;/p-1. The molecular weight excluding hydrogens is 327 g/mol. The third-order valence-electron chi connectivity index (χ3n) is 3.06. The van der Waals surface area contributed by atoms with Crippen LogP contribution in [0.1, 0.15) is 20.3 Å². The summed E-state index contributed by atoms with van der Waals surface area (Å²) in [5.41, 5.74) is -5.65. The smallest absolute Gasteiger partial charge is 0.485 e. The van der Waals surface area contributed by atoms with Crippen LogP contribution in [0, 0.1) is 0 Å². The largest absolute Gasteiger partial charge is 0.741 e. The van der Waals surface area contributed by atoms with Gasteiger partial charge in [-0.05, 0) is 13.8 Å².